The molecule has 0 saturated heterocycles. The number of carbonyl (C=O) groups is 1. The lowest BCUT2D eigenvalue weighted by Gasteiger charge is -2.13. The summed E-state index contributed by atoms with van der Waals surface area (Å²) >= 11 is 0. The van der Waals surface area contributed by atoms with Gasteiger partial charge in [0.2, 0.25) is 5.91 Å². The maximum absolute atomic E-state index is 11.9. The molecular formula is C11H17N3O2. The summed E-state index contributed by atoms with van der Waals surface area (Å²) in [5.41, 5.74) is 2.13. The SMILES string of the molecule is CNC(=O)Cn1c(C)c(C)cc(NC)c1=O. The van der Waals surface area contributed by atoms with E-state index in [1.807, 2.05) is 13.8 Å². The van der Waals surface area contributed by atoms with Crippen molar-refractivity contribution in [2.24, 2.45) is 0 Å². The van der Waals surface area contributed by atoms with Crippen molar-refractivity contribution in [3.8, 4) is 0 Å². The van der Waals surface area contributed by atoms with Crippen LogP contribution in [0, 0.1) is 13.8 Å². The Morgan fingerprint density at radius 2 is 2.00 bits per heavy atom. The molecule has 1 aromatic rings. The van der Waals surface area contributed by atoms with Gasteiger partial charge >= 0.3 is 0 Å². The van der Waals surface area contributed by atoms with Gasteiger partial charge in [-0.3, -0.25) is 9.59 Å². The van der Waals surface area contributed by atoms with Crippen LogP contribution in [0.3, 0.4) is 0 Å². The molecular weight excluding hydrogens is 206 g/mol. The number of aromatic nitrogens is 1. The Morgan fingerprint density at radius 3 is 2.50 bits per heavy atom. The number of amides is 1. The van der Waals surface area contributed by atoms with Gasteiger partial charge in [0, 0.05) is 19.8 Å². The minimum absolute atomic E-state index is 0.0531. The van der Waals surface area contributed by atoms with Crippen LogP contribution in [-0.2, 0) is 11.3 Å². The third-order valence-electron chi connectivity index (χ3n) is 2.66. The van der Waals surface area contributed by atoms with Crippen LogP contribution in [-0.4, -0.2) is 24.6 Å². The summed E-state index contributed by atoms with van der Waals surface area (Å²) in [6, 6.07) is 1.79. The van der Waals surface area contributed by atoms with Gasteiger partial charge in [0.1, 0.15) is 12.2 Å². The maximum Gasteiger partial charge on any atom is 0.274 e. The first-order valence-electron chi connectivity index (χ1n) is 5.10. The Kier molecular flexibility index (Phi) is 3.71. The number of nitrogens with zero attached hydrogens (tertiary/aromatic N) is 1. The van der Waals surface area contributed by atoms with Crippen molar-refractivity contribution in [3.63, 3.8) is 0 Å². The van der Waals surface area contributed by atoms with Crippen LogP contribution in [0.15, 0.2) is 10.9 Å². The zero-order valence-corrected chi connectivity index (χ0v) is 10.0. The fourth-order valence-corrected chi connectivity index (χ4v) is 1.49. The van der Waals surface area contributed by atoms with Crippen molar-refractivity contribution in [3.05, 3.63) is 27.7 Å². The third-order valence-corrected chi connectivity index (χ3v) is 2.66. The van der Waals surface area contributed by atoms with E-state index in [0.717, 1.165) is 11.3 Å². The molecule has 0 unspecified atom stereocenters. The zero-order chi connectivity index (χ0) is 12.3. The van der Waals surface area contributed by atoms with E-state index in [1.165, 1.54) is 4.57 Å². The number of likely N-dealkylation sites (N-methyl/N-ethyl adjacent to an activating group) is 1. The van der Waals surface area contributed by atoms with Crippen LogP contribution in [0.25, 0.3) is 0 Å². The normalized spacial score (nSPS) is 10.0. The number of pyridine rings is 1. The monoisotopic (exact) mass is 223 g/mol. The average Bonchev–Trinajstić information content (AvgIpc) is 2.28. The summed E-state index contributed by atoms with van der Waals surface area (Å²) < 4.78 is 1.47. The number of aryl methyl sites for hydroxylation is 1. The molecule has 0 bridgehead atoms. The fraction of sp³-hybridized carbons (Fsp3) is 0.455. The number of carbonyl (C=O) groups excluding carboxylic acids is 1. The van der Waals surface area contributed by atoms with Gasteiger partial charge in [0.05, 0.1) is 0 Å². The molecule has 0 fully saturated rings. The smallest absolute Gasteiger partial charge is 0.274 e. The fourth-order valence-electron chi connectivity index (χ4n) is 1.49. The standard InChI is InChI=1S/C11H17N3O2/c1-7-5-9(12-3)11(16)14(8(7)2)6-10(15)13-4/h5,12H,6H2,1-4H3,(H,13,15). The first-order valence-corrected chi connectivity index (χ1v) is 5.10. The highest BCUT2D eigenvalue weighted by Gasteiger charge is 2.10. The van der Waals surface area contributed by atoms with Crippen LogP contribution in [0.4, 0.5) is 5.69 Å². The summed E-state index contributed by atoms with van der Waals surface area (Å²) in [4.78, 5) is 23.3. The second-order valence-corrected chi connectivity index (χ2v) is 3.64. The van der Waals surface area contributed by atoms with Crippen molar-refractivity contribution in [2.75, 3.05) is 19.4 Å². The topological polar surface area (TPSA) is 63.1 Å². The summed E-state index contributed by atoms with van der Waals surface area (Å²) in [5.74, 6) is -0.183. The summed E-state index contributed by atoms with van der Waals surface area (Å²) in [7, 11) is 3.24. The van der Waals surface area contributed by atoms with Gasteiger partial charge < -0.3 is 15.2 Å². The summed E-state index contributed by atoms with van der Waals surface area (Å²) in [5, 5.41) is 5.34. The highest BCUT2D eigenvalue weighted by Crippen LogP contribution is 2.09. The minimum Gasteiger partial charge on any atom is -0.384 e. The summed E-state index contributed by atoms with van der Waals surface area (Å²) in [6.45, 7) is 3.80. The molecule has 5 nitrogen and oxygen atoms in total. The number of nitrogens with one attached hydrogen (secondary N) is 2. The second kappa shape index (κ2) is 4.83. The molecule has 1 amide bonds. The third kappa shape index (κ3) is 2.24. The van der Waals surface area contributed by atoms with E-state index in [9.17, 15) is 9.59 Å². The highest BCUT2D eigenvalue weighted by atomic mass is 16.2. The van der Waals surface area contributed by atoms with Gasteiger partial charge in [0.15, 0.2) is 0 Å². The molecule has 0 radical (unpaired) electrons. The van der Waals surface area contributed by atoms with Gasteiger partial charge in [-0.2, -0.15) is 0 Å². The van der Waals surface area contributed by atoms with Gasteiger partial charge in [-0.15, -0.1) is 0 Å². The van der Waals surface area contributed by atoms with Crippen molar-refractivity contribution in [1.29, 1.82) is 0 Å². The Balaban J connectivity index is 3.30. The molecule has 1 heterocycles. The molecule has 16 heavy (non-hydrogen) atoms. The lowest BCUT2D eigenvalue weighted by Crippen LogP contribution is -2.32. The van der Waals surface area contributed by atoms with Crippen molar-refractivity contribution >= 4 is 11.6 Å². The average molecular weight is 223 g/mol. The van der Waals surface area contributed by atoms with Crippen molar-refractivity contribution in [2.45, 2.75) is 20.4 Å². The molecule has 1 aromatic heterocycles. The van der Waals surface area contributed by atoms with Crippen molar-refractivity contribution in [1.82, 2.24) is 9.88 Å². The van der Waals surface area contributed by atoms with E-state index in [-0.39, 0.29) is 18.0 Å². The number of hydrogen-bond donors (Lipinski definition) is 2. The quantitative estimate of drug-likeness (QED) is 0.772. The molecule has 0 aromatic carbocycles. The molecule has 0 aliphatic rings. The zero-order valence-electron chi connectivity index (χ0n) is 10.0. The summed E-state index contributed by atoms with van der Waals surface area (Å²) in [6.07, 6.45) is 0. The van der Waals surface area contributed by atoms with Crippen LogP contribution in [0.1, 0.15) is 11.3 Å². The van der Waals surface area contributed by atoms with Crippen LogP contribution in [0.5, 0.6) is 0 Å². The molecule has 0 atom stereocenters. The molecule has 1 rings (SSSR count). The van der Waals surface area contributed by atoms with Gasteiger partial charge in [-0.1, -0.05) is 0 Å². The van der Waals surface area contributed by atoms with Gasteiger partial charge in [-0.05, 0) is 25.5 Å². The van der Waals surface area contributed by atoms with E-state index < -0.39 is 0 Å². The number of hydrogen-bond acceptors (Lipinski definition) is 3. The minimum atomic E-state index is -0.183. The molecule has 0 saturated carbocycles. The largest absolute Gasteiger partial charge is 0.384 e. The molecule has 5 heteroatoms. The first-order chi connectivity index (χ1) is 7.51. The van der Waals surface area contributed by atoms with Gasteiger partial charge in [-0.25, -0.2) is 0 Å². The lowest BCUT2D eigenvalue weighted by atomic mass is 10.2. The van der Waals surface area contributed by atoms with E-state index in [4.69, 9.17) is 0 Å². The molecule has 0 aliphatic carbocycles. The Bertz CT molecular complexity index is 463. The highest BCUT2D eigenvalue weighted by molar-refractivity contribution is 5.75. The molecule has 88 valence electrons. The molecule has 0 spiro atoms. The van der Waals surface area contributed by atoms with E-state index in [0.29, 0.717) is 5.69 Å². The Morgan fingerprint density at radius 1 is 1.38 bits per heavy atom. The lowest BCUT2D eigenvalue weighted by molar-refractivity contribution is -0.121. The molecule has 2 N–H and O–H groups in total. The first kappa shape index (κ1) is 12.3. The van der Waals surface area contributed by atoms with Crippen LogP contribution in [0.2, 0.25) is 0 Å². The van der Waals surface area contributed by atoms with E-state index in [2.05, 4.69) is 10.6 Å². The predicted octanol–water partition coefficient (Wildman–Crippen LogP) is 0.253. The van der Waals surface area contributed by atoms with E-state index >= 15 is 0 Å². The molecule has 0 aliphatic heterocycles. The van der Waals surface area contributed by atoms with Crippen LogP contribution < -0.4 is 16.2 Å². The maximum atomic E-state index is 11.9. The van der Waals surface area contributed by atoms with Crippen molar-refractivity contribution < 1.29 is 4.79 Å². The number of anilines is 1. The van der Waals surface area contributed by atoms with Gasteiger partial charge in [0.25, 0.3) is 5.56 Å². The Labute approximate surface area is 94.5 Å². The number of rotatable bonds is 3. The Hall–Kier alpha value is -1.78. The second-order valence-electron chi connectivity index (χ2n) is 3.64. The van der Waals surface area contributed by atoms with E-state index in [1.54, 1.807) is 20.2 Å². The predicted molar refractivity (Wildman–Crippen MR) is 63.8 cm³/mol. The van der Waals surface area contributed by atoms with Crippen LogP contribution >= 0.6 is 0 Å².